The molecular weight excluding hydrogens is 315 g/mol. The molecule has 0 saturated carbocycles. The van der Waals surface area contributed by atoms with Crippen molar-refractivity contribution >= 4 is 11.6 Å². The van der Waals surface area contributed by atoms with Gasteiger partial charge in [-0.3, -0.25) is 15.6 Å². The van der Waals surface area contributed by atoms with Gasteiger partial charge in [0, 0.05) is 5.56 Å². The van der Waals surface area contributed by atoms with Crippen LogP contribution < -0.4 is 20.3 Å². The monoisotopic (exact) mass is 330 g/mol. The summed E-state index contributed by atoms with van der Waals surface area (Å²) in [7, 11) is 0. The number of benzene rings is 2. The fourth-order valence-corrected chi connectivity index (χ4v) is 2.18. The maximum atomic E-state index is 13.2. The Bertz CT molecular complexity index is 794. The third-order valence-corrected chi connectivity index (χ3v) is 3.42. The van der Waals surface area contributed by atoms with Crippen LogP contribution in [0.15, 0.2) is 49.0 Å². The van der Waals surface area contributed by atoms with E-state index >= 15 is 0 Å². The van der Waals surface area contributed by atoms with Crippen molar-refractivity contribution in [2.45, 2.75) is 6.10 Å². The minimum Gasteiger partial charge on any atom is -0.507 e. The van der Waals surface area contributed by atoms with Crippen LogP contribution in [0.4, 0.5) is 4.39 Å². The zero-order valence-electron chi connectivity index (χ0n) is 12.6. The number of phenols is 1. The molecular formula is C17H15FN2O4. The zero-order valence-corrected chi connectivity index (χ0v) is 12.6. The van der Waals surface area contributed by atoms with E-state index in [-0.39, 0.29) is 23.6 Å². The fourth-order valence-electron chi connectivity index (χ4n) is 2.18. The molecule has 0 saturated heterocycles. The van der Waals surface area contributed by atoms with Gasteiger partial charge in [0.2, 0.25) is 6.10 Å². The number of halogens is 1. The van der Waals surface area contributed by atoms with E-state index in [0.29, 0.717) is 11.5 Å². The SMILES string of the molecule is C=C(NNC(=O)[C@H]1COc2ccccc2O1)c1cc(F)ccc1O. The lowest BCUT2D eigenvalue weighted by atomic mass is 10.1. The van der Waals surface area contributed by atoms with Crippen molar-refractivity contribution < 1.29 is 23.8 Å². The van der Waals surface area contributed by atoms with Crippen molar-refractivity contribution in [3.63, 3.8) is 0 Å². The number of carbonyl (C=O) groups excluding carboxylic acids is 1. The van der Waals surface area contributed by atoms with Gasteiger partial charge >= 0.3 is 0 Å². The van der Waals surface area contributed by atoms with Crippen LogP contribution in [0, 0.1) is 5.82 Å². The summed E-state index contributed by atoms with van der Waals surface area (Å²) >= 11 is 0. The summed E-state index contributed by atoms with van der Waals surface area (Å²) in [4.78, 5) is 12.1. The Morgan fingerprint density at radius 1 is 1.21 bits per heavy atom. The Balaban J connectivity index is 1.60. The van der Waals surface area contributed by atoms with E-state index in [0.717, 1.165) is 12.1 Å². The lowest BCUT2D eigenvalue weighted by Crippen LogP contribution is -2.48. The summed E-state index contributed by atoms with van der Waals surface area (Å²) < 4.78 is 24.3. The molecule has 2 aromatic carbocycles. The van der Waals surface area contributed by atoms with Gasteiger partial charge in [-0.05, 0) is 30.3 Å². The molecule has 0 aliphatic carbocycles. The number of aromatic hydroxyl groups is 1. The minimum absolute atomic E-state index is 0.0578. The van der Waals surface area contributed by atoms with Crippen LogP contribution in [-0.4, -0.2) is 23.7 Å². The molecule has 0 spiro atoms. The van der Waals surface area contributed by atoms with Crippen molar-refractivity contribution in [3.8, 4) is 17.2 Å². The first-order chi connectivity index (χ1) is 11.5. The summed E-state index contributed by atoms with van der Waals surface area (Å²) in [5, 5.41) is 9.70. The quantitative estimate of drug-likeness (QED) is 0.747. The molecule has 1 heterocycles. The van der Waals surface area contributed by atoms with Crippen LogP contribution in [0.25, 0.3) is 5.70 Å². The molecule has 0 radical (unpaired) electrons. The van der Waals surface area contributed by atoms with Crippen LogP contribution in [0.3, 0.4) is 0 Å². The van der Waals surface area contributed by atoms with Gasteiger partial charge in [0.1, 0.15) is 18.2 Å². The van der Waals surface area contributed by atoms with E-state index in [1.165, 1.54) is 6.07 Å². The molecule has 2 aromatic rings. The molecule has 6 nitrogen and oxygen atoms in total. The minimum atomic E-state index is -0.846. The van der Waals surface area contributed by atoms with Crippen LogP contribution in [0.5, 0.6) is 17.2 Å². The number of ether oxygens (including phenoxy) is 2. The average molecular weight is 330 g/mol. The van der Waals surface area contributed by atoms with E-state index in [2.05, 4.69) is 17.4 Å². The molecule has 1 atom stereocenters. The largest absolute Gasteiger partial charge is 0.507 e. The number of hydrazine groups is 1. The Kier molecular flexibility index (Phi) is 4.24. The Morgan fingerprint density at radius 3 is 2.75 bits per heavy atom. The van der Waals surface area contributed by atoms with Crippen molar-refractivity contribution in [1.82, 2.24) is 10.9 Å². The number of para-hydroxylation sites is 2. The smallest absolute Gasteiger partial charge is 0.282 e. The molecule has 1 aliphatic heterocycles. The molecule has 1 aliphatic rings. The number of nitrogens with one attached hydrogen (secondary N) is 2. The molecule has 0 aromatic heterocycles. The topological polar surface area (TPSA) is 79.8 Å². The summed E-state index contributed by atoms with van der Waals surface area (Å²) in [5.41, 5.74) is 5.21. The second-order valence-electron chi connectivity index (χ2n) is 5.12. The first-order valence-electron chi connectivity index (χ1n) is 7.17. The molecule has 24 heavy (non-hydrogen) atoms. The van der Waals surface area contributed by atoms with E-state index in [4.69, 9.17) is 9.47 Å². The van der Waals surface area contributed by atoms with Gasteiger partial charge in [-0.15, -0.1) is 0 Å². The normalized spacial score (nSPS) is 15.5. The van der Waals surface area contributed by atoms with Gasteiger partial charge < -0.3 is 14.6 Å². The third kappa shape index (κ3) is 3.24. The summed E-state index contributed by atoms with van der Waals surface area (Å²) in [6.07, 6.45) is -0.846. The van der Waals surface area contributed by atoms with Crippen LogP contribution in [0.2, 0.25) is 0 Å². The first kappa shape index (κ1) is 15.7. The molecule has 0 bridgehead atoms. The molecule has 124 valence electrons. The Hall–Kier alpha value is -3.22. The maximum absolute atomic E-state index is 13.2. The van der Waals surface area contributed by atoms with Gasteiger partial charge in [-0.2, -0.15) is 0 Å². The highest BCUT2D eigenvalue weighted by atomic mass is 19.1. The standard InChI is InChI=1S/C17H15FN2O4/c1-10(12-8-11(18)6-7-13(12)21)19-20-17(22)16-9-23-14-4-2-3-5-15(14)24-16/h2-8,16,19,21H,1,9H2,(H,20,22)/t16-/m1/s1. The summed E-state index contributed by atoms with van der Waals surface area (Å²) in [5.74, 6) is -0.123. The van der Waals surface area contributed by atoms with E-state index in [1.54, 1.807) is 24.3 Å². The number of carbonyl (C=O) groups is 1. The number of hydrogen-bond acceptors (Lipinski definition) is 5. The van der Waals surface area contributed by atoms with Crippen LogP contribution in [-0.2, 0) is 4.79 Å². The third-order valence-electron chi connectivity index (χ3n) is 3.42. The highest BCUT2D eigenvalue weighted by Gasteiger charge is 2.27. The second-order valence-corrected chi connectivity index (χ2v) is 5.12. The second kappa shape index (κ2) is 6.49. The highest BCUT2D eigenvalue weighted by molar-refractivity contribution is 5.82. The van der Waals surface area contributed by atoms with Crippen LogP contribution >= 0.6 is 0 Å². The molecule has 3 N–H and O–H groups in total. The van der Waals surface area contributed by atoms with E-state index < -0.39 is 17.8 Å². The molecule has 7 heteroatoms. The predicted octanol–water partition coefficient (Wildman–Crippen LogP) is 1.96. The van der Waals surface area contributed by atoms with Gasteiger partial charge in [0.05, 0.1) is 5.70 Å². The number of fused-ring (bicyclic) bond motifs is 1. The van der Waals surface area contributed by atoms with Crippen molar-refractivity contribution in [1.29, 1.82) is 0 Å². The van der Waals surface area contributed by atoms with E-state index in [1.807, 2.05) is 0 Å². The van der Waals surface area contributed by atoms with Crippen molar-refractivity contribution in [3.05, 3.63) is 60.4 Å². The Morgan fingerprint density at radius 2 is 1.96 bits per heavy atom. The van der Waals surface area contributed by atoms with Gasteiger partial charge in [-0.25, -0.2) is 4.39 Å². The lowest BCUT2D eigenvalue weighted by Gasteiger charge is -2.25. The van der Waals surface area contributed by atoms with Crippen molar-refractivity contribution in [2.75, 3.05) is 6.61 Å². The summed E-state index contributed by atoms with van der Waals surface area (Å²) in [6.45, 7) is 3.71. The van der Waals surface area contributed by atoms with Gasteiger partial charge in [0.15, 0.2) is 11.5 Å². The van der Waals surface area contributed by atoms with Crippen LogP contribution in [0.1, 0.15) is 5.56 Å². The molecule has 3 rings (SSSR count). The molecule has 0 unspecified atom stereocenters. The van der Waals surface area contributed by atoms with Gasteiger partial charge in [0.25, 0.3) is 5.91 Å². The Labute approximate surface area is 137 Å². The average Bonchev–Trinajstić information content (AvgIpc) is 2.61. The van der Waals surface area contributed by atoms with E-state index in [9.17, 15) is 14.3 Å². The molecule has 1 amide bonds. The first-order valence-corrected chi connectivity index (χ1v) is 7.17. The number of amides is 1. The zero-order chi connectivity index (χ0) is 17.1. The van der Waals surface area contributed by atoms with Gasteiger partial charge in [-0.1, -0.05) is 18.7 Å². The van der Waals surface area contributed by atoms with Crippen molar-refractivity contribution in [2.24, 2.45) is 0 Å². The fraction of sp³-hybridized carbons (Fsp3) is 0.118. The molecule has 0 fully saturated rings. The number of phenolic OH excluding ortho intramolecular Hbond substituents is 1. The highest BCUT2D eigenvalue weighted by Crippen LogP contribution is 2.30. The maximum Gasteiger partial charge on any atom is 0.282 e. The number of rotatable bonds is 4. The predicted molar refractivity (Wildman–Crippen MR) is 84.7 cm³/mol. The lowest BCUT2D eigenvalue weighted by molar-refractivity contribution is -0.131. The number of hydrogen-bond donors (Lipinski definition) is 3. The summed E-state index contributed by atoms with van der Waals surface area (Å²) in [6, 6.07) is 10.5.